The van der Waals surface area contributed by atoms with Crippen molar-refractivity contribution in [2.45, 2.75) is 13.3 Å². The van der Waals surface area contributed by atoms with E-state index in [-0.39, 0.29) is 11.8 Å². The second-order valence-corrected chi connectivity index (χ2v) is 2.10. The van der Waals surface area contributed by atoms with Crippen LogP contribution in [-0.2, 0) is 4.79 Å². The highest BCUT2D eigenvalue weighted by molar-refractivity contribution is 5.72. The molecular weight excluding hydrogens is 128 g/mol. The van der Waals surface area contributed by atoms with Crippen molar-refractivity contribution in [3.63, 3.8) is 0 Å². The second-order valence-electron chi connectivity index (χ2n) is 2.10. The van der Waals surface area contributed by atoms with Crippen molar-refractivity contribution in [1.29, 1.82) is 5.26 Å². The Morgan fingerprint density at radius 1 is 1.90 bits per heavy atom. The molecule has 0 bridgehead atoms. The van der Waals surface area contributed by atoms with Crippen LogP contribution in [0.1, 0.15) is 13.3 Å². The van der Waals surface area contributed by atoms with E-state index in [0.29, 0.717) is 13.0 Å². The summed E-state index contributed by atoms with van der Waals surface area (Å²) in [6.07, 6.45) is 0.621. The maximum absolute atomic E-state index is 10.3. The molecule has 3 heteroatoms. The molecule has 0 rings (SSSR count). The quantitative estimate of drug-likeness (QED) is 0.618. The lowest BCUT2D eigenvalue weighted by atomic mass is 10.1. The van der Waals surface area contributed by atoms with Crippen molar-refractivity contribution in [2.24, 2.45) is 5.92 Å². The highest BCUT2D eigenvalue weighted by Gasteiger charge is 1.98. The number of carbonyl (C=O) groups excluding carboxylic acids is 1. The normalized spacial score (nSPS) is 11.7. The summed E-state index contributed by atoms with van der Waals surface area (Å²) in [5, 5.41) is 10.9. The highest BCUT2D eigenvalue weighted by Crippen LogP contribution is 1.95. The standard InChI is InChI=1S/C7H11N2O/c1-6(5-8)3-4-9-7(2)10/h6H,1,3-4H2,2H3,(H,9,10). The molecule has 0 aliphatic heterocycles. The molecule has 0 aromatic rings. The van der Waals surface area contributed by atoms with E-state index in [0.717, 1.165) is 0 Å². The lowest BCUT2D eigenvalue weighted by molar-refractivity contribution is -0.118. The van der Waals surface area contributed by atoms with E-state index in [4.69, 9.17) is 5.26 Å². The fourth-order valence-corrected chi connectivity index (χ4v) is 0.487. The fraction of sp³-hybridized carbons (Fsp3) is 0.571. The van der Waals surface area contributed by atoms with Gasteiger partial charge in [0.2, 0.25) is 5.91 Å². The summed E-state index contributed by atoms with van der Waals surface area (Å²) < 4.78 is 0. The zero-order chi connectivity index (χ0) is 7.98. The molecule has 1 radical (unpaired) electrons. The molecule has 0 aliphatic rings. The summed E-state index contributed by atoms with van der Waals surface area (Å²) in [5.41, 5.74) is 0. The van der Waals surface area contributed by atoms with E-state index in [1.807, 2.05) is 6.07 Å². The zero-order valence-electron chi connectivity index (χ0n) is 6.05. The van der Waals surface area contributed by atoms with Crippen molar-refractivity contribution in [3.05, 3.63) is 6.92 Å². The zero-order valence-corrected chi connectivity index (χ0v) is 6.05. The number of nitrogens with one attached hydrogen (secondary N) is 1. The monoisotopic (exact) mass is 139 g/mol. The maximum atomic E-state index is 10.3. The minimum atomic E-state index is -0.216. The molecule has 0 spiro atoms. The third-order valence-electron chi connectivity index (χ3n) is 1.05. The van der Waals surface area contributed by atoms with Gasteiger partial charge in [-0.15, -0.1) is 0 Å². The first kappa shape index (κ1) is 8.96. The van der Waals surface area contributed by atoms with Crippen LogP contribution in [0.25, 0.3) is 0 Å². The average molecular weight is 139 g/mol. The van der Waals surface area contributed by atoms with E-state index < -0.39 is 0 Å². The van der Waals surface area contributed by atoms with Crippen molar-refractivity contribution >= 4 is 5.91 Å². The Balaban J connectivity index is 3.22. The Hall–Kier alpha value is -1.04. The van der Waals surface area contributed by atoms with Gasteiger partial charge in [0.05, 0.1) is 6.07 Å². The Morgan fingerprint density at radius 2 is 2.50 bits per heavy atom. The summed E-state index contributed by atoms with van der Waals surface area (Å²) in [6, 6.07) is 1.98. The lowest BCUT2D eigenvalue weighted by Gasteiger charge is -2.01. The van der Waals surface area contributed by atoms with Gasteiger partial charge in [0, 0.05) is 19.4 Å². The largest absolute Gasteiger partial charge is 0.356 e. The van der Waals surface area contributed by atoms with Crippen LogP contribution >= 0.6 is 0 Å². The van der Waals surface area contributed by atoms with Gasteiger partial charge < -0.3 is 5.32 Å². The molecular formula is C7H11N2O. The molecule has 1 atom stereocenters. The van der Waals surface area contributed by atoms with Gasteiger partial charge >= 0.3 is 0 Å². The Labute approximate surface area is 61.0 Å². The first-order chi connectivity index (χ1) is 4.66. The van der Waals surface area contributed by atoms with E-state index in [9.17, 15) is 4.79 Å². The predicted octanol–water partition coefficient (Wildman–Crippen LogP) is 0.486. The van der Waals surface area contributed by atoms with Gasteiger partial charge in [0.1, 0.15) is 0 Å². The summed E-state index contributed by atoms with van der Waals surface area (Å²) in [4.78, 5) is 10.3. The predicted molar refractivity (Wildman–Crippen MR) is 37.8 cm³/mol. The van der Waals surface area contributed by atoms with Crippen molar-refractivity contribution in [3.8, 4) is 6.07 Å². The molecule has 0 fully saturated rings. The number of hydrogen-bond acceptors (Lipinski definition) is 2. The van der Waals surface area contributed by atoms with Crippen LogP contribution in [0.5, 0.6) is 0 Å². The third kappa shape index (κ3) is 5.10. The van der Waals surface area contributed by atoms with Gasteiger partial charge in [-0.1, -0.05) is 0 Å². The summed E-state index contributed by atoms with van der Waals surface area (Å²) in [6.45, 7) is 5.53. The molecule has 0 heterocycles. The van der Waals surface area contributed by atoms with Gasteiger partial charge in [-0.3, -0.25) is 4.79 Å². The topological polar surface area (TPSA) is 52.9 Å². The Morgan fingerprint density at radius 3 is 2.90 bits per heavy atom. The Bertz CT molecular complexity index is 148. The smallest absolute Gasteiger partial charge is 0.216 e. The first-order valence-corrected chi connectivity index (χ1v) is 3.14. The highest BCUT2D eigenvalue weighted by atomic mass is 16.1. The minimum absolute atomic E-state index is 0.0647. The SMILES string of the molecule is [CH2]C(C#N)CCNC(C)=O. The molecule has 0 saturated carbocycles. The van der Waals surface area contributed by atoms with Crippen LogP contribution < -0.4 is 5.32 Å². The molecule has 1 amide bonds. The van der Waals surface area contributed by atoms with Crippen LogP contribution in [0.4, 0.5) is 0 Å². The summed E-state index contributed by atoms with van der Waals surface area (Å²) in [5.74, 6) is -0.281. The fourth-order valence-electron chi connectivity index (χ4n) is 0.487. The van der Waals surface area contributed by atoms with E-state index >= 15 is 0 Å². The van der Waals surface area contributed by atoms with Crippen LogP contribution in [0.2, 0.25) is 0 Å². The molecule has 3 nitrogen and oxygen atoms in total. The van der Waals surface area contributed by atoms with Gasteiger partial charge in [0.25, 0.3) is 0 Å². The summed E-state index contributed by atoms with van der Waals surface area (Å²) >= 11 is 0. The number of rotatable bonds is 3. The minimum Gasteiger partial charge on any atom is -0.356 e. The molecule has 0 aliphatic carbocycles. The van der Waals surface area contributed by atoms with Crippen LogP contribution in [0, 0.1) is 24.2 Å². The number of amides is 1. The molecule has 1 unspecified atom stereocenters. The molecule has 0 aromatic carbocycles. The summed E-state index contributed by atoms with van der Waals surface area (Å²) in [7, 11) is 0. The van der Waals surface area contributed by atoms with Gasteiger partial charge in [-0.05, 0) is 13.3 Å². The van der Waals surface area contributed by atoms with E-state index in [1.165, 1.54) is 6.92 Å². The number of carbonyl (C=O) groups is 1. The van der Waals surface area contributed by atoms with Crippen molar-refractivity contribution < 1.29 is 4.79 Å². The third-order valence-corrected chi connectivity index (χ3v) is 1.05. The number of nitrogens with zero attached hydrogens (tertiary/aromatic N) is 1. The van der Waals surface area contributed by atoms with Gasteiger partial charge in [0.15, 0.2) is 0 Å². The van der Waals surface area contributed by atoms with Crippen molar-refractivity contribution in [1.82, 2.24) is 5.32 Å². The van der Waals surface area contributed by atoms with Gasteiger partial charge in [-0.25, -0.2) is 0 Å². The van der Waals surface area contributed by atoms with Crippen molar-refractivity contribution in [2.75, 3.05) is 6.54 Å². The van der Waals surface area contributed by atoms with E-state index in [2.05, 4.69) is 12.2 Å². The average Bonchev–Trinajstić information content (AvgIpc) is 1.87. The van der Waals surface area contributed by atoms with Crippen LogP contribution in [0.15, 0.2) is 0 Å². The number of nitriles is 1. The van der Waals surface area contributed by atoms with Gasteiger partial charge in [-0.2, -0.15) is 5.26 Å². The van der Waals surface area contributed by atoms with Crippen LogP contribution in [-0.4, -0.2) is 12.5 Å². The van der Waals surface area contributed by atoms with E-state index in [1.54, 1.807) is 0 Å². The molecule has 55 valence electrons. The van der Waals surface area contributed by atoms with Crippen LogP contribution in [0.3, 0.4) is 0 Å². The molecule has 1 N–H and O–H groups in total. The maximum Gasteiger partial charge on any atom is 0.216 e. The lowest BCUT2D eigenvalue weighted by Crippen LogP contribution is -2.22. The molecule has 0 aromatic heterocycles. The molecule has 0 saturated heterocycles. The first-order valence-electron chi connectivity index (χ1n) is 3.14. The Kier molecular flexibility index (Phi) is 4.30. The second kappa shape index (κ2) is 4.80. The number of hydrogen-bond donors (Lipinski definition) is 1. The molecule has 10 heavy (non-hydrogen) atoms.